The van der Waals surface area contributed by atoms with Crippen molar-refractivity contribution in [1.29, 1.82) is 0 Å². The molecule has 1 aromatic rings. The summed E-state index contributed by atoms with van der Waals surface area (Å²) in [4.78, 5) is 2.47. The number of hydrogen-bond acceptors (Lipinski definition) is 3. The van der Waals surface area contributed by atoms with Gasteiger partial charge in [-0.15, -0.1) is 0 Å². The van der Waals surface area contributed by atoms with Gasteiger partial charge in [0.15, 0.2) is 0 Å². The SMILES string of the molecule is CCN1CCOC(CNC2Cc3ccccc3C2)C1. The van der Waals surface area contributed by atoms with Crippen molar-refractivity contribution in [2.24, 2.45) is 0 Å². The molecule has 1 aliphatic carbocycles. The maximum absolute atomic E-state index is 5.84. The highest BCUT2D eigenvalue weighted by Gasteiger charge is 2.23. The first-order valence-electron chi connectivity index (χ1n) is 7.49. The van der Waals surface area contributed by atoms with Crippen LogP contribution in [0.5, 0.6) is 0 Å². The second-order valence-corrected chi connectivity index (χ2v) is 5.67. The Bertz CT molecular complexity index is 396. The van der Waals surface area contributed by atoms with Crippen molar-refractivity contribution < 1.29 is 4.74 Å². The summed E-state index contributed by atoms with van der Waals surface area (Å²) in [5, 5.41) is 3.69. The summed E-state index contributed by atoms with van der Waals surface area (Å²) < 4.78 is 5.84. The number of benzene rings is 1. The average molecular weight is 260 g/mol. The van der Waals surface area contributed by atoms with Gasteiger partial charge in [0.1, 0.15) is 0 Å². The molecule has 0 radical (unpaired) electrons. The fourth-order valence-corrected chi connectivity index (χ4v) is 3.19. The van der Waals surface area contributed by atoms with Gasteiger partial charge in [-0.05, 0) is 30.5 Å². The number of hydrogen-bond donors (Lipinski definition) is 1. The lowest BCUT2D eigenvalue weighted by Gasteiger charge is -2.32. The monoisotopic (exact) mass is 260 g/mol. The summed E-state index contributed by atoms with van der Waals surface area (Å²) in [6, 6.07) is 9.40. The van der Waals surface area contributed by atoms with Gasteiger partial charge >= 0.3 is 0 Å². The molecule has 1 atom stereocenters. The average Bonchev–Trinajstić information content (AvgIpc) is 2.88. The maximum Gasteiger partial charge on any atom is 0.0826 e. The summed E-state index contributed by atoms with van der Waals surface area (Å²) in [5.41, 5.74) is 3.03. The first kappa shape index (κ1) is 13.1. The van der Waals surface area contributed by atoms with Crippen molar-refractivity contribution in [3.8, 4) is 0 Å². The van der Waals surface area contributed by atoms with E-state index in [0.717, 1.165) is 32.8 Å². The highest BCUT2D eigenvalue weighted by atomic mass is 16.5. The first-order chi connectivity index (χ1) is 9.35. The topological polar surface area (TPSA) is 24.5 Å². The van der Waals surface area contributed by atoms with Gasteiger partial charge in [0.05, 0.1) is 12.7 Å². The second-order valence-electron chi connectivity index (χ2n) is 5.67. The van der Waals surface area contributed by atoms with E-state index in [1.54, 1.807) is 0 Å². The van der Waals surface area contributed by atoms with Crippen molar-refractivity contribution in [3.63, 3.8) is 0 Å². The summed E-state index contributed by atoms with van der Waals surface area (Å²) in [6.45, 7) is 7.38. The van der Waals surface area contributed by atoms with E-state index in [-0.39, 0.29) is 0 Å². The molecular formula is C16H24N2O. The van der Waals surface area contributed by atoms with Crippen LogP contribution in [0.2, 0.25) is 0 Å². The fourth-order valence-electron chi connectivity index (χ4n) is 3.19. The predicted molar refractivity (Wildman–Crippen MR) is 77.5 cm³/mol. The zero-order valence-electron chi connectivity index (χ0n) is 11.8. The van der Waals surface area contributed by atoms with E-state index in [2.05, 4.69) is 41.4 Å². The molecule has 104 valence electrons. The minimum atomic E-state index is 0.359. The van der Waals surface area contributed by atoms with E-state index in [1.165, 1.54) is 24.0 Å². The quantitative estimate of drug-likeness (QED) is 0.887. The number of nitrogens with one attached hydrogen (secondary N) is 1. The highest BCUT2D eigenvalue weighted by Crippen LogP contribution is 2.21. The molecule has 0 amide bonds. The summed E-state index contributed by atoms with van der Waals surface area (Å²) in [6.07, 6.45) is 2.69. The summed E-state index contributed by atoms with van der Waals surface area (Å²) in [5.74, 6) is 0. The van der Waals surface area contributed by atoms with Crippen molar-refractivity contribution in [3.05, 3.63) is 35.4 Å². The van der Waals surface area contributed by atoms with Gasteiger partial charge in [-0.3, -0.25) is 4.90 Å². The molecule has 0 aromatic heterocycles. The lowest BCUT2D eigenvalue weighted by molar-refractivity contribution is -0.0262. The van der Waals surface area contributed by atoms with Crippen LogP contribution >= 0.6 is 0 Å². The molecule has 1 aliphatic heterocycles. The molecule has 3 heteroatoms. The van der Waals surface area contributed by atoms with Crippen molar-refractivity contribution >= 4 is 0 Å². The van der Waals surface area contributed by atoms with Crippen molar-refractivity contribution in [1.82, 2.24) is 10.2 Å². The predicted octanol–water partition coefficient (Wildman–Crippen LogP) is 1.46. The Morgan fingerprint density at radius 1 is 1.26 bits per heavy atom. The van der Waals surface area contributed by atoms with Crippen LogP contribution in [-0.4, -0.2) is 49.8 Å². The van der Waals surface area contributed by atoms with Crippen LogP contribution in [0.15, 0.2) is 24.3 Å². The Labute approximate surface area is 115 Å². The van der Waals surface area contributed by atoms with Crippen LogP contribution in [0, 0.1) is 0 Å². The Morgan fingerprint density at radius 2 is 2.00 bits per heavy atom. The van der Waals surface area contributed by atoms with E-state index >= 15 is 0 Å². The molecule has 3 rings (SSSR count). The number of morpholine rings is 1. The van der Waals surface area contributed by atoms with Crippen molar-refractivity contribution in [2.75, 3.05) is 32.8 Å². The normalized spacial score (nSPS) is 24.6. The Balaban J connectivity index is 1.46. The first-order valence-corrected chi connectivity index (χ1v) is 7.49. The van der Waals surface area contributed by atoms with Gasteiger partial charge in [-0.2, -0.15) is 0 Å². The maximum atomic E-state index is 5.84. The van der Waals surface area contributed by atoms with Gasteiger partial charge in [0.2, 0.25) is 0 Å². The summed E-state index contributed by atoms with van der Waals surface area (Å²) in [7, 11) is 0. The molecular weight excluding hydrogens is 236 g/mol. The summed E-state index contributed by atoms with van der Waals surface area (Å²) >= 11 is 0. The van der Waals surface area contributed by atoms with Crippen LogP contribution in [0.1, 0.15) is 18.1 Å². The number of fused-ring (bicyclic) bond motifs is 1. The fraction of sp³-hybridized carbons (Fsp3) is 0.625. The zero-order valence-corrected chi connectivity index (χ0v) is 11.8. The van der Waals surface area contributed by atoms with E-state index in [4.69, 9.17) is 4.74 Å². The molecule has 19 heavy (non-hydrogen) atoms. The standard InChI is InChI=1S/C16H24N2O/c1-2-18-7-8-19-16(12-18)11-17-15-9-13-5-3-4-6-14(13)10-15/h3-6,15-17H,2,7-12H2,1H3. The molecule has 1 unspecified atom stereocenters. The third kappa shape index (κ3) is 3.16. The highest BCUT2D eigenvalue weighted by molar-refractivity contribution is 5.33. The number of ether oxygens (including phenoxy) is 1. The van der Waals surface area contributed by atoms with Gasteiger partial charge in [-0.1, -0.05) is 31.2 Å². The molecule has 0 saturated carbocycles. The van der Waals surface area contributed by atoms with Gasteiger partial charge < -0.3 is 10.1 Å². The smallest absolute Gasteiger partial charge is 0.0826 e. The van der Waals surface area contributed by atoms with Crippen LogP contribution in [-0.2, 0) is 17.6 Å². The van der Waals surface area contributed by atoms with Crippen LogP contribution in [0.4, 0.5) is 0 Å². The lowest BCUT2D eigenvalue weighted by Crippen LogP contribution is -2.48. The molecule has 1 fully saturated rings. The molecule has 2 aliphatic rings. The second kappa shape index (κ2) is 6.04. The molecule has 1 aromatic carbocycles. The molecule has 1 heterocycles. The molecule has 1 saturated heterocycles. The van der Waals surface area contributed by atoms with E-state index in [1.807, 2.05) is 0 Å². The van der Waals surface area contributed by atoms with Crippen molar-refractivity contribution in [2.45, 2.75) is 31.9 Å². The van der Waals surface area contributed by atoms with Crippen LogP contribution < -0.4 is 5.32 Å². The Hall–Kier alpha value is -0.900. The third-order valence-corrected chi connectivity index (χ3v) is 4.36. The zero-order chi connectivity index (χ0) is 13.1. The Morgan fingerprint density at radius 3 is 2.68 bits per heavy atom. The van der Waals surface area contributed by atoms with E-state index in [0.29, 0.717) is 12.1 Å². The number of nitrogens with zero attached hydrogens (tertiary/aromatic N) is 1. The van der Waals surface area contributed by atoms with Crippen LogP contribution in [0.3, 0.4) is 0 Å². The van der Waals surface area contributed by atoms with Gasteiger partial charge in [0.25, 0.3) is 0 Å². The van der Waals surface area contributed by atoms with E-state index < -0.39 is 0 Å². The largest absolute Gasteiger partial charge is 0.374 e. The molecule has 0 bridgehead atoms. The van der Waals surface area contributed by atoms with E-state index in [9.17, 15) is 0 Å². The number of likely N-dealkylation sites (N-methyl/N-ethyl adjacent to an activating group) is 1. The van der Waals surface area contributed by atoms with Gasteiger partial charge in [-0.25, -0.2) is 0 Å². The number of rotatable bonds is 4. The molecule has 3 nitrogen and oxygen atoms in total. The third-order valence-electron chi connectivity index (χ3n) is 4.36. The van der Waals surface area contributed by atoms with Crippen LogP contribution in [0.25, 0.3) is 0 Å². The Kier molecular flexibility index (Phi) is 4.16. The molecule has 0 spiro atoms. The van der Waals surface area contributed by atoms with Gasteiger partial charge in [0, 0.05) is 25.7 Å². The molecule has 1 N–H and O–H groups in total. The minimum absolute atomic E-state index is 0.359. The lowest BCUT2D eigenvalue weighted by atomic mass is 10.1. The minimum Gasteiger partial charge on any atom is -0.374 e.